The summed E-state index contributed by atoms with van der Waals surface area (Å²) in [6.45, 7) is 1.32. The molecule has 0 atom stereocenters. The van der Waals surface area contributed by atoms with Gasteiger partial charge in [-0.05, 0) is 41.8 Å². The Kier molecular flexibility index (Phi) is 4.21. The van der Waals surface area contributed by atoms with Gasteiger partial charge in [-0.15, -0.1) is 0 Å². The monoisotopic (exact) mass is 427 g/mol. The number of aromatic nitrogens is 2. The van der Waals surface area contributed by atoms with Crippen molar-refractivity contribution in [3.05, 3.63) is 83.7 Å². The molecule has 0 spiro atoms. The molecule has 0 radical (unpaired) electrons. The van der Waals surface area contributed by atoms with Crippen molar-refractivity contribution in [3.63, 3.8) is 0 Å². The summed E-state index contributed by atoms with van der Waals surface area (Å²) in [4.78, 5) is 23.7. The molecule has 31 heavy (non-hydrogen) atoms. The third kappa shape index (κ3) is 3.23. The normalized spacial score (nSPS) is 13.5. The van der Waals surface area contributed by atoms with Gasteiger partial charge in [-0.3, -0.25) is 4.79 Å². The molecule has 1 aliphatic heterocycles. The van der Waals surface area contributed by atoms with Crippen LogP contribution in [0.2, 0.25) is 0 Å². The van der Waals surface area contributed by atoms with E-state index < -0.39 is 0 Å². The van der Waals surface area contributed by atoms with Gasteiger partial charge in [0.05, 0.1) is 10.3 Å². The molecular weight excluding hydrogens is 410 g/mol. The molecular formula is C24H17N3O3S. The summed E-state index contributed by atoms with van der Waals surface area (Å²) in [5.74, 6) is 0.589. The smallest absolute Gasteiger partial charge is 0.281 e. The molecule has 3 aromatic heterocycles. The molecule has 0 aliphatic carbocycles. The Morgan fingerprint density at radius 2 is 2.00 bits per heavy atom. The maximum absolute atomic E-state index is 13.2. The average Bonchev–Trinajstić information content (AvgIpc) is 3.41. The fourth-order valence-electron chi connectivity index (χ4n) is 3.97. The Bertz CT molecular complexity index is 1410. The summed E-state index contributed by atoms with van der Waals surface area (Å²) in [5.41, 5.74) is 4.37. The van der Waals surface area contributed by atoms with Crippen molar-refractivity contribution >= 4 is 38.6 Å². The molecule has 7 heteroatoms. The van der Waals surface area contributed by atoms with E-state index in [0.29, 0.717) is 40.8 Å². The van der Waals surface area contributed by atoms with Crippen LogP contribution in [0.4, 0.5) is 0 Å². The Hall–Kier alpha value is -3.71. The van der Waals surface area contributed by atoms with Gasteiger partial charge in [0, 0.05) is 30.7 Å². The van der Waals surface area contributed by atoms with Crippen LogP contribution in [0.3, 0.4) is 0 Å². The van der Waals surface area contributed by atoms with E-state index in [1.165, 1.54) is 22.5 Å². The second-order valence-corrected chi connectivity index (χ2v) is 8.45. The highest BCUT2D eigenvalue weighted by Gasteiger charge is 2.24. The number of hydrogen-bond acceptors (Lipinski definition) is 6. The van der Waals surface area contributed by atoms with Crippen LogP contribution in [0.1, 0.15) is 21.5 Å². The quantitative estimate of drug-likeness (QED) is 0.384. The van der Waals surface area contributed by atoms with Crippen LogP contribution in [0.15, 0.2) is 71.5 Å². The summed E-state index contributed by atoms with van der Waals surface area (Å²) in [7, 11) is 0. The lowest BCUT2D eigenvalue weighted by atomic mass is 9.99. The van der Waals surface area contributed by atoms with Crippen molar-refractivity contribution in [1.29, 1.82) is 0 Å². The number of pyridine rings is 1. The fourth-order valence-corrected chi connectivity index (χ4v) is 4.77. The van der Waals surface area contributed by atoms with Gasteiger partial charge < -0.3 is 14.1 Å². The first-order chi connectivity index (χ1) is 15.2. The van der Waals surface area contributed by atoms with Crippen molar-refractivity contribution < 1.29 is 13.9 Å². The molecule has 5 aromatic rings. The lowest BCUT2D eigenvalue weighted by Crippen LogP contribution is -2.35. The number of fused-ring (bicyclic) bond motifs is 3. The molecule has 0 unspecified atom stereocenters. The highest BCUT2D eigenvalue weighted by molar-refractivity contribution is 7.20. The van der Waals surface area contributed by atoms with E-state index in [1.54, 1.807) is 18.5 Å². The molecule has 2 aromatic carbocycles. The van der Waals surface area contributed by atoms with E-state index in [-0.39, 0.29) is 5.91 Å². The minimum Gasteiger partial charge on any atom is -0.463 e. The Morgan fingerprint density at radius 3 is 2.90 bits per heavy atom. The van der Waals surface area contributed by atoms with Gasteiger partial charge in [0.1, 0.15) is 17.6 Å². The number of benzene rings is 2. The van der Waals surface area contributed by atoms with E-state index in [4.69, 9.17) is 9.15 Å². The minimum atomic E-state index is -0.0147. The van der Waals surface area contributed by atoms with Crippen LogP contribution >= 0.6 is 11.3 Å². The molecule has 0 saturated heterocycles. The van der Waals surface area contributed by atoms with Crippen molar-refractivity contribution in [1.82, 2.24) is 14.9 Å². The molecule has 0 bridgehead atoms. The van der Waals surface area contributed by atoms with Gasteiger partial charge in [-0.2, -0.15) is 4.98 Å². The van der Waals surface area contributed by atoms with Gasteiger partial charge >= 0.3 is 0 Å². The SMILES string of the molecule is O=C(c1coc2cc(Oc3nc4ncccc4s3)ccc12)N1CCc2ccccc2C1. The molecule has 0 N–H and O–H groups in total. The lowest BCUT2D eigenvalue weighted by Gasteiger charge is -2.28. The number of nitrogens with zero attached hydrogens (tertiary/aromatic N) is 3. The first-order valence-electron chi connectivity index (χ1n) is 10.0. The number of carbonyl (C=O) groups excluding carboxylic acids is 1. The lowest BCUT2D eigenvalue weighted by molar-refractivity contribution is 0.0735. The zero-order valence-electron chi connectivity index (χ0n) is 16.4. The minimum absolute atomic E-state index is 0.0147. The van der Waals surface area contributed by atoms with Gasteiger partial charge in [-0.1, -0.05) is 35.6 Å². The molecule has 1 aliphatic rings. The van der Waals surface area contributed by atoms with E-state index in [0.717, 1.165) is 16.5 Å². The number of carbonyl (C=O) groups is 1. The molecule has 152 valence electrons. The van der Waals surface area contributed by atoms with Crippen LogP contribution in [0.25, 0.3) is 21.3 Å². The summed E-state index contributed by atoms with van der Waals surface area (Å²) in [6, 6.07) is 17.6. The van der Waals surface area contributed by atoms with Crippen molar-refractivity contribution in [2.45, 2.75) is 13.0 Å². The first-order valence-corrected chi connectivity index (χ1v) is 10.8. The van der Waals surface area contributed by atoms with Gasteiger partial charge in [0.25, 0.3) is 11.1 Å². The molecule has 0 fully saturated rings. The highest BCUT2D eigenvalue weighted by atomic mass is 32.1. The number of hydrogen-bond donors (Lipinski definition) is 0. The predicted octanol–water partition coefficient (Wildman–Crippen LogP) is 5.43. The highest BCUT2D eigenvalue weighted by Crippen LogP contribution is 2.33. The van der Waals surface area contributed by atoms with E-state index in [1.807, 2.05) is 41.3 Å². The summed E-state index contributed by atoms with van der Waals surface area (Å²) >= 11 is 1.43. The van der Waals surface area contributed by atoms with Gasteiger partial charge in [0.15, 0.2) is 5.65 Å². The first kappa shape index (κ1) is 18.1. The topological polar surface area (TPSA) is 68.5 Å². The second-order valence-electron chi connectivity index (χ2n) is 7.46. The zero-order valence-corrected chi connectivity index (χ0v) is 17.3. The maximum atomic E-state index is 13.2. The van der Waals surface area contributed by atoms with E-state index in [9.17, 15) is 4.79 Å². The zero-order chi connectivity index (χ0) is 20.8. The Labute approximate surface area is 181 Å². The second kappa shape index (κ2) is 7.21. The van der Waals surface area contributed by atoms with Crippen LogP contribution in [-0.4, -0.2) is 27.3 Å². The van der Waals surface area contributed by atoms with Crippen LogP contribution in [-0.2, 0) is 13.0 Å². The maximum Gasteiger partial charge on any atom is 0.281 e. The van der Waals surface area contributed by atoms with E-state index in [2.05, 4.69) is 22.1 Å². The Morgan fingerprint density at radius 1 is 1.10 bits per heavy atom. The number of rotatable bonds is 3. The molecule has 0 saturated carbocycles. The van der Waals surface area contributed by atoms with E-state index >= 15 is 0 Å². The molecule has 6 nitrogen and oxygen atoms in total. The molecule has 6 rings (SSSR count). The summed E-state index contributed by atoms with van der Waals surface area (Å²) < 4.78 is 12.6. The molecule has 1 amide bonds. The van der Waals surface area contributed by atoms with Crippen molar-refractivity contribution in [2.75, 3.05) is 6.54 Å². The third-order valence-corrected chi connectivity index (χ3v) is 6.43. The Balaban J connectivity index is 1.26. The van der Waals surface area contributed by atoms with Gasteiger partial charge in [-0.25, -0.2) is 4.98 Å². The van der Waals surface area contributed by atoms with Crippen LogP contribution in [0.5, 0.6) is 10.9 Å². The number of amides is 1. The van der Waals surface area contributed by atoms with Crippen LogP contribution < -0.4 is 4.74 Å². The largest absolute Gasteiger partial charge is 0.463 e. The fraction of sp³-hybridized carbons (Fsp3) is 0.125. The predicted molar refractivity (Wildman–Crippen MR) is 119 cm³/mol. The summed E-state index contributed by atoms with van der Waals surface area (Å²) in [6.07, 6.45) is 4.12. The third-order valence-electron chi connectivity index (χ3n) is 5.55. The number of ether oxygens (including phenoxy) is 1. The summed E-state index contributed by atoms with van der Waals surface area (Å²) in [5, 5.41) is 1.30. The number of thiazole rings is 1. The van der Waals surface area contributed by atoms with Crippen LogP contribution in [0, 0.1) is 0 Å². The number of furan rings is 1. The average molecular weight is 427 g/mol. The standard InChI is InChI=1S/C24H17N3O3S/c28-23(27-11-9-15-4-1-2-5-16(15)13-27)19-14-29-20-12-17(7-8-18(19)20)30-24-26-22-21(31-24)6-3-10-25-22/h1-8,10,12,14H,9,11,13H2. The molecule has 4 heterocycles. The van der Waals surface area contributed by atoms with Crippen molar-refractivity contribution in [3.8, 4) is 10.9 Å². The van der Waals surface area contributed by atoms with Crippen molar-refractivity contribution in [2.24, 2.45) is 0 Å². The van der Waals surface area contributed by atoms with Gasteiger partial charge in [0.2, 0.25) is 0 Å².